The standard InChI is InChI=1S/C16H17FN4O3/c17-12-3-1-11(2-4-12)7-20-6-5-16(9-20)10-21-13(8-24-16)18-19-14(22)15(21)23/h1-4H,5-10H2,(H,19,22). The second-order valence-electron chi connectivity index (χ2n) is 6.42. The molecule has 1 atom stereocenters. The maximum absolute atomic E-state index is 13.0. The maximum Gasteiger partial charge on any atom is 0.330 e. The molecule has 0 saturated carbocycles. The summed E-state index contributed by atoms with van der Waals surface area (Å²) in [7, 11) is 0. The highest BCUT2D eigenvalue weighted by Gasteiger charge is 2.42. The van der Waals surface area contributed by atoms with Gasteiger partial charge in [-0.15, -0.1) is 0 Å². The summed E-state index contributed by atoms with van der Waals surface area (Å²) in [6, 6.07) is 6.44. The fourth-order valence-corrected chi connectivity index (χ4v) is 3.45. The first-order valence-corrected chi connectivity index (χ1v) is 7.84. The Morgan fingerprint density at radius 1 is 1.25 bits per heavy atom. The van der Waals surface area contributed by atoms with Gasteiger partial charge in [0.25, 0.3) is 0 Å². The van der Waals surface area contributed by atoms with Crippen molar-refractivity contribution in [2.75, 3.05) is 13.1 Å². The number of aromatic nitrogens is 3. The Bertz CT molecular complexity index is 876. The van der Waals surface area contributed by atoms with Gasteiger partial charge in [0.15, 0.2) is 5.82 Å². The molecule has 24 heavy (non-hydrogen) atoms. The van der Waals surface area contributed by atoms with Crippen molar-refractivity contribution in [3.8, 4) is 0 Å². The minimum absolute atomic E-state index is 0.205. The molecular formula is C16H17FN4O3. The molecule has 8 heteroatoms. The zero-order valence-electron chi connectivity index (χ0n) is 13.0. The number of likely N-dealkylation sites (tertiary alicyclic amines) is 1. The van der Waals surface area contributed by atoms with E-state index in [1.165, 1.54) is 16.7 Å². The molecule has 0 aliphatic carbocycles. The van der Waals surface area contributed by atoms with Crippen LogP contribution in [-0.2, 0) is 24.4 Å². The van der Waals surface area contributed by atoms with E-state index in [2.05, 4.69) is 15.1 Å². The number of H-pyrrole nitrogens is 1. The number of rotatable bonds is 2. The lowest BCUT2D eigenvalue weighted by atomic mass is 10.0. The second kappa shape index (κ2) is 5.64. The molecule has 1 unspecified atom stereocenters. The largest absolute Gasteiger partial charge is 0.364 e. The average molecular weight is 332 g/mol. The van der Waals surface area contributed by atoms with Crippen LogP contribution < -0.4 is 11.1 Å². The molecule has 1 N–H and O–H groups in total. The minimum Gasteiger partial charge on any atom is -0.364 e. The van der Waals surface area contributed by atoms with Crippen molar-refractivity contribution < 1.29 is 9.13 Å². The number of nitrogens with zero attached hydrogens (tertiary/aromatic N) is 3. The van der Waals surface area contributed by atoms with Gasteiger partial charge < -0.3 is 4.74 Å². The lowest BCUT2D eigenvalue weighted by Gasteiger charge is -2.34. The number of halogens is 1. The van der Waals surface area contributed by atoms with Crippen molar-refractivity contribution in [1.29, 1.82) is 0 Å². The summed E-state index contributed by atoms with van der Waals surface area (Å²) in [5, 5.41) is 6.07. The van der Waals surface area contributed by atoms with Gasteiger partial charge in [-0.2, -0.15) is 5.10 Å². The van der Waals surface area contributed by atoms with Gasteiger partial charge in [-0.25, -0.2) is 9.49 Å². The molecule has 1 aromatic carbocycles. The quantitative estimate of drug-likeness (QED) is 0.797. The summed E-state index contributed by atoms with van der Waals surface area (Å²) in [6.07, 6.45) is 0.771. The number of ether oxygens (including phenoxy) is 1. The topological polar surface area (TPSA) is 80.2 Å². The van der Waals surface area contributed by atoms with E-state index in [0.717, 1.165) is 18.5 Å². The first-order valence-electron chi connectivity index (χ1n) is 7.84. The molecule has 7 nitrogen and oxygen atoms in total. The van der Waals surface area contributed by atoms with E-state index in [0.29, 0.717) is 25.5 Å². The maximum atomic E-state index is 13.0. The molecule has 0 bridgehead atoms. The van der Waals surface area contributed by atoms with Crippen LogP contribution in [0.2, 0.25) is 0 Å². The number of benzene rings is 1. The van der Waals surface area contributed by atoms with Gasteiger partial charge in [0.05, 0.1) is 6.54 Å². The lowest BCUT2D eigenvalue weighted by Crippen LogP contribution is -2.51. The number of nitrogens with one attached hydrogen (secondary N) is 1. The van der Waals surface area contributed by atoms with E-state index in [1.807, 2.05) is 0 Å². The van der Waals surface area contributed by atoms with E-state index in [4.69, 9.17) is 4.74 Å². The number of fused-ring (bicyclic) bond motifs is 1. The first kappa shape index (κ1) is 15.2. The summed E-state index contributed by atoms with van der Waals surface area (Å²) in [4.78, 5) is 25.7. The van der Waals surface area contributed by atoms with Crippen LogP contribution in [-0.4, -0.2) is 38.4 Å². The monoisotopic (exact) mass is 332 g/mol. The second-order valence-corrected chi connectivity index (χ2v) is 6.42. The van der Waals surface area contributed by atoms with Crippen molar-refractivity contribution in [3.05, 3.63) is 62.2 Å². The van der Waals surface area contributed by atoms with Gasteiger partial charge in [-0.1, -0.05) is 12.1 Å². The highest BCUT2D eigenvalue weighted by Crippen LogP contribution is 2.31. The Balaban J connectivity index is 1.52. The highest BCUT2D eigenvalue weighted by molar-refractivity contribution is 5.16. The van der Waals surface area contributed by atoms with Crippen LogP contribution in [0, 0.1) is 5.82 Å². The summed E-state index contributed by atoms with van der Waals surface area (Å²) in [5.41, 5.74) is -0.747. The smallest absolute Gasteiger partial charge is 0.330 e. The van der Waals surface area contributed by atoms with Crippen LogP contribution in [0.5, 0.6) is 0 Å². The SMILES string of the molecule is O=c1[nH]nc2n(c1=O)CC1(CCN(Cc3ccc(F)cc3)C1)OC2. The van der Waals surface area contributed by atoms with Crippen LogP contribution in [0.3, 0.4) is 0 Å². The summed E-state index contributed by atoms with van der Waals surface area (Å²) in [6.45, 7) is 2.70. The fourth-order valence-electron chi connectivity index (χ4n) is 3.45. The predicted octanol–water partition coefficient (Wildman–Crippen LogP) is 0.246. The van der Waals surface area contributed by atoms with Gasteiger partial charge in [0.1, 0.15) is 18.0 Å². The van der Waals surface area contributed by atoms with Crippen molar-refractivity contribution in [2.24, 2.45) is 0 Å². The van der Waals surface area contributed by atoms with Crippen LogP contribution in [0.1, 0.15) is 17.8 Å². The van der Waals surface area contributed by atoms with Gasteiger partial charge in [0.2, 0.25) is 0 Å². The molecule has 1 spiro atoms. The van der Waals surface area contributed by atoms with E-state index >= 15 is 0 Å². The number of hydrogen-bond donors (Lipinski definition) is 1. The normalized spacial score (nSPS) is 23.5. The summed E-state index contributed by atoms with van der Waals surface area (Å²) in [5.74, 6) is 0.197. The Kier molecular flexibility index (Phi) is 3.58. The van der Waals surface area contributed by atoms with E-state index < -0.39 is 16.7 Å². The van der Waals surface area contributed by atoms with Gasteiger partial charge in [0, 0.05) is 19.6 Å². The van der Waals surface area contributed by atoms with Crippen molar-refractivity contribution in [1.82, 2.24) is 19.7 Å². The van der Waals surface area contributed by atoms with Gasteiger partial charge >= 0.3 is 11.1 Å². The third kappa shape index (κ3) is 2.67. The molecule has 0 radical (unpaired) electrons. The minimum atomic E-state index is -0.711. The van der Waals surface area contributed by atoms with E-state index in [-0.39, 0.29) is 12.4 Å². The molecule has 2 aliphatic rings. The Labute approximate surface area is 136 Å². The Hall–Kier alpha value is -2.32. The number of aromatic amines is 1. The molecule has 2 aliphatic heterocycles. The zero-order valence-corrected chi connectivity index (χ0v) is 13.0. The third-order valence-electron chi connectivity index (χ3n) is 4.71. The molecule has 3 heterocycles. The molecule has 4 rings (SSSR count). The van der Waals surface area contributed by atoms with Crippen molar-refractivity contribution >= 4 is 0 Å². The molecule has 1 fully saturated rings. The van der Waals surface area contributed by atoms with Crippen LogP contribution in [0.4, 0.5) is 4.39 Å². The Morgan fingerprint density at radius 3 is 2.83 bits per heavy atom. The summed E-state index contributed by atoms with van der Waals surface area (Å²) < 4.78 is 20.4. The lowest BCUT2D eigenvalue weighted by molar-refractivity contribution is -0.0853. The number of hydrogen-bond acceptors (Lipinski definition) is 5. The van der Waals surface area contributed by atoms with Crippen molar-refractivity contribution in [2.45, 2.75) is 31.7 Å². The highest BCUT2D eigenvalue weighted by atomic mass is 19.1. The third-order valence-corrected chi connectivity index (χ3v) is 4.71. The predicted molar refractivity (Wildman–Crippen MR) is 82.9 cm³/mol. The molecular weight excluding hydrogens is 315 g/mol. The average Bonchev–Trinajstić information content (AvgIpc) is 2.96. The Morgan fingerprint density at radius 2 is 2.04 bits per heavy atom. The first-order chi connectivity index (χ1) is 11.5. The van der Waals surface area contributed by atoms with Crippen LogP contribution in [0.25, 0.3) is 0 Å². The van der Waals surface area contributed by atoms with Gasteiger partial charge in [-0.05, 0) is 24.1 Å². The molecule has 1 aromatic heterocycles. The van der Waals surface area contributed by atoms with Crippen LogP contribution >= 0.6 is 0 Å². The fraction of sp³-hybridized carbons (Fsp3) is 0.438. The van der Waals surface area contributed by atoms with E-state index in [1.54, 1.807) is 12.1 Å². The van der Waals surface area contributed by atoms with E-state index in [9.17, 15) is 14.0 Å². The molecule has 2 aromatic rings. The van der Waals surface area contributed by atoms with Gasteiger partial charge in [-0.3, -0.25) is 19.1 Å². The molecule has 1 saturated heterocycles. The zero-order chi connectivity index (χ0) is 16.7. The molecule has 0 amide bonds. The molecule has 126 valence electrons. The summed E-state index contributed by atoms with van der Waals surface area (Å²) >= 11 is 0. The van der Waals surface area contributed by atoms with Crippen molar-refractivity contribution in [3.63, 3.8) is 0 Å². The van der Waals surface area contributed by atoms with Crippen LogP contribution in [0.15, 0.2) is 33.9 Å².